The minimum absolute atomic E-state index is 0.447. The highest BCUT2D eigenvalue weighted by molar-refractivity contribution is 6.32. The molecule has 118 valence electrons. The molecule has 0 aliphatic rings. The predicted molar refractivity (Wildman–Crippen MR) is 89.1 cm³/mol. The molecule has 1 aromatic heterocycles. The monoisotopic (exact) mass is 329 g/mol. The summed E-state index contributed by atoms with van der Waals surface area (Å²) in [4.78, 5) is 0. The van der Waals surface area contributed by atoms with Crippen LogP contribution in [0.2, 0.25) is 5.02 Å². The van der Waals surface area contributed by atoms with Crippen LogP contribution in [0.3, 0.4) is 0 Å². The van der Waals surface area contributed by atoms with Crippen LogP contribution in [0.4, 0.5) is 5.69 Å². The fraction of sp³-hybridized carbons (Fsp3) is 0.188. The van der Waals surface area contributed by atoms with Gasteiger partial charge in [-0.3, -0.25) is 0 Å². The molecule has 0 unspecified atom stereocenters. The molecule has 1 N–H and O–H groups in total. The highest BCUT2D eigenvalue weighted by Gasteiger charge is 2.11. The summed E-state index contributed by atoms with van der Waals surface area (Å²) in [6.07, 6.45) is 0. The summed E-state index contributed by atoms with van der Waals surface area (Å²) >= 11 is 6.19. The number of nitrogens with zero attached hydrogens (tertiary/aromatic N) is 4. The summed E-state index contributed by atoms with van der Waals surface area (Å²) in [6, 6.07) is 15.3. The fourth-order valence-electron chi connectivity index (χ4n) is 2.20. The van der Waals surface area contributed by atoms with Gasteiger partial charge in [0.15, 0.2) is 11.6 Å². The number of halogens is 1. The molecule has 2 aromatic carbocycles. The zero-order valence-electron chi connectivity index (χ0n) is 12.6. The Morgan fingerprint density at radius 1 is 1.13 bits per heavy atom. The maximum absolute atomic E-state index is 6.19. The maximum Gasteiger partial charge on any atom is 0.175 e. The normalized spacial score (nSPS) is 10.5. The number of ether oxygens (including phenoxy) is 1. The molecular weight excluding hydrogens is 314 g/mol. The molecule has 0 saturated heterocycles. The lowest BCUT2D eigenvalue weighted by Gasteiger charge is -2.13. The van der Waals surface area contributed by atoms with E-state index in [4.69, 9.17) is 16.3 Å². The van der Waals surface area contributed by atoms with Gasteiger partial charge in [0.1, 0.15) is 0 Å². The fourth-order valence-corrected chi connectivity index (χ4v) is 2.43. The molecule has 0 aliphatic carbocycles. The number of hydrogen-bond acceptors (Lipinski definition) is 5. The molecule has 0 amide bonds. The quantitative estimate of drug-likeness (QED) is 0.751. The van der Waals surface area contributed by atoms with Crippen LogP contribution in [0.25, 0.3) is 5.69 Å². The van der Waals surface area contributed by atoms with E-state index in [1.165, 1.54) is 0 Å². The Bertz CT molecular complexity index is 775. The molecule has 0 aliphatic heterocycles. The molecule has 0 atom stereocenters. The third-order valence-electron chi connectivity index (χ3n) is 3.23. The number of aromatic nitrogens is 4. The van der Waals surface area contributed by atoms with Gasteiger partial charge in [-0.15, -0.1) is 5.10 Å². The second kappa shape index (κ2) is 7.11. The van der Waals surface area contributed by atoms with Crippen molar-refractivity contribution in [1.29, 1.82) is 0 Å². The number of nitrogens with one attached hydrogen (secondary N) is 1. The molecule has 3 aromatic rings. The number of tetrazole rings is 1. The number of para-hydroxylation sites is 2. The van der Waals surface area contributed by atoms with E-state index in [0.717, 1.165) is 11.4 Å². The number of rotatable bonds is 6. The largest absolute Gasteiger partial charge is 0.490 e. The van der Waals surface area contributed by atoms with Crippen LogP contribution < -0.4 is 10.1 Å². The maximum atomic E-state index is 6.19. The van der Waals surface area contributed by atoms with Crippen LogP contribution in [0.1, 0.15) is 12.7 Å². The molecule has 0 fully saturated rings. The van der Waals surface area contributed by atoms with Crippen LogP contribution in [0.15, 0.2) is 48.5 Å². The molecule has 0 radical (unpaired) electrons. The molecule has 6 nitrogen and oxygen atoms in total. The van der Waals surface area contributed by atoms with E-state index in [0.29, 0.717) is 29.7 Å². The third kappa shape index (κ3) is 3.43. The van der Waals surface area contributed by atoms with Crippen LogP contribution in [0, 0.1) is 0 Å². The second-order valence-corrected chi connectivity index (χ2v) is 5.15. The lowest BCUT2D eigenvalue weighted by Crippen LogP contribution is -2.09. The van der Waals surface area contributed by atoms with Crippen LogP contribution in [-0.2, 0) is 6.54 Å². The van der Waals surface area contributed by atoms with E-state index < -0.39 is 0 Å². The molecule has 1 heterocycles. The molecule has 7 heteroatoms. The average molecular weight is 330 g/mol. The molecular formula is C16H16ClN5O. The van der Waals surface area contributed by atoms with E-state index in [9.17, 15) is 0 Å². The number of hydrogen-bond donors (Lipinski definition) is 1. The van der Waals surface area contributed by atoms with E-state index >= 15 is 0 Å². The van der Waals surface area contributed by atoms with Gasteiger partial charge in [-0.25, -0.2) is 0 Å². The topological polar surface area (TPSA) is 64.9 Å². The van der Waals surface area contributed by atoms with Crippen molar-refractivity contribution in [3.63, 3.8) is 0 Å². The van der Waals surface area contributed by atoms with Gasteiger partial charge in [0, 0.05) is 0 Å². The average Bonchev–Trinajstić information content (AvgIpc) is 3.05. The van der Waals surface area contributed by atoms with Gasteiger partial charge < -0.3 is 10.1 Å². The van der Waals surface area contributed by atoms with Crippen LogP contribution in [-0.4, -0.2) is 26.8 Å². The van der Waals surface area contributed by atoms with Crippen molar-refractivity contribution in [2.45, 2.75) is 13.5 Å². The van der Waals surface area contributed by atoms with E-state index in [-0.39, 0.29) is 0 Å². The third-order valence-corrected chi connectivity index (χ3v) is 3.53. The van der Waals surface area contributed by atoms with E-state index in [2.05, 4.69) is 20.8 Å². The lowest BCUT2D eigenvalue weighted by atomic mass is 10.3. The highest BCUT2D eigenvalue weighted by atomic mass is 35.5. The van der Waals surface area contributed by atoms with E-state index in [1.807, 2.05) is 49.4 Å². The van der Waals surface area contributed by atoms with Crippen molar-refractivity contribution in [2.75, 3.05) is 11.9 Å². The summed E-state index contributed by atoms with van der Waals surface area (Å²) < 4.78 is 7.29. The Balaban J connectivity index is 1.80. The first-order valence-electron chi connectivity index (χ1n) is 7.27. The smallest absolute Gasteiger partial charge is 0.175 e. The molecule has 0 spiro atoms. The van der Waals surface area contributed by atoms with Gasteiger partial charge in [-0.05, 0) is 41.6 Å². The minimum atomic E-state index is 0.447. The Morgan fingerprint density at radius 3 is 2.74 bits per heavy atom. The van der Waals surface area contributed by atoms with Gasteiger partial charge in [-0.1, -0.05) is 35.9 Å². The van der Waals surface area contributed by atoms with Gasteiger partial charge >= 0.3 is 0 Å². The van der Waals surface area contributed by atoms with Crippen molar-refractivity contribution in [2.24, 2.45) is 0 Å². The SMILES string of the molecule is CCOc1c(Cl)cccc1NCc1nnnn1-c1ccccc1. The van der Waals surface area contributed by atoms with E-state index in [1.54, 1.807) is 10.7 Å². The van der Waals surface area contributed by atoms with Gasteiger partial charge in [0.2, 0.25) is 0 Å². The van der Waals surface area contributed by atoms with Gasteiger partial charge in [0.05, 0.1) is 29.5 Å². The Kier molecular flexibility index (Phi) is 4.73. The molecule has 0 saturated carbocycles. The first kappa shape index (κ1) is 15.3. The summed E-state index contributed by atoms with van der Waals surface area (Å²) in [5.41, 5.74) is 1.72. The molecule has 0 bridgehead atoms. The Hall–Kier alpha value is -2.60. The van der Waals surface area contributed by atoms with Crippen LogP contribution >= 0.6 is 11.6 Å². The molecule has 23 heavy (non-hydrogen) atoms. The van der Waals surface area contributed by atoms with Crippen molar-refractivity contribution < 1.29 is 4.74 Å². The zero-order chi connectivity index (χ0) is 16.1. The zero-order valence-corrected chi connectivity index (χ0v) is 13.4. The van der Waals surface area contributed by atoms with Crippen molar-refractivity contribution >= 4 is 17.3 Å². The summed E-state index contributed by atoms with van der Waals surface area (Å²) in [7, 11) is 0. The number of benzene rings is 2. The second-order valence-electron chi connectivity index (χ2n) is 4.75. The molecule has 3 rings (SSSR count). The van der Waals surface area contributed by atoms with Crippen molar-refractivity contribution in [3.05, 3.63) is 59.4 Å². The van der Waals surface area contributed by atoms with Crippen LogP contribution in [0.5, 0.6) is 5.75 Å². The summed E-state index contributed by atoms with van der Waals surface area (Å²) in [6.45, 7) is 2.91. The highest BCUT2D eigenvalue weighted by Crippen LogP contribution is 2.33. The first-order valence-corrected chi connectivity index (χ1v) is 7.65. The number of anilines is 1. The first-order chi connectivity index (χ1) is 11.3. The van der Waals surface area contributed by atoms with Gasteiger partial charge in [0.25, 0.3) is 0 Å². The summed E-state index contributed by atoms with van der Waals surface area (Å²) in [5.74, 6) is 1.33. The van der Waals surface area contributed by atoms with Crippen molar-refractivity contribution in [3.8, 4) is 11.4 Å². The minimum Gasteiger partial charge on any atom is -0.490 e. The Morgan fingerprint density at radius 2 is 1.96 bits per heavy atom. The van der Waals surface area contributed by atoms with Gasteiger partial charge in [-0.2, -0.15) is 4.68 Å². The predicted octanol–water partition coefficient (Wildman–Crippen LogP) is 3.33. The Labute approximate surface area is 139 Å². The summed E-state index contributed by atoms with van der Waals surface area (Å²) in [5, 5.41) is 15.7. The lowest BCUT2D eigenvalue weighted by molar-refractivity contribution is 0.342. The standard InChI is InChI=1S/C16H16ClN5O/c1-2-23-16-13(17)9-6-10-14(16)18-11-15-19-20-21-22(15)12-7-4-3-5-8-12/h3-10,18H,2,11H2,1H3. The van der Waals surface area contributed by atoms with Crippen molar-refractivity contribution in [1.82, 2.24) is 20.2 Å².